The Morgan fingerprint density at radius 1 is 0.977 bits per heavy atom. The highest BCUT2D eigenvalue weighted by Crippen LogP contribution is 2.40. The number of benzene rings is 4. The second-order valence-corrected chi connectivity index (χ2v) is 10.6. The number of hydrogen-bond acceptors (Lipinski definition) is 8. The van der Waals surface area contributed by atoms with Gasteiger partial charge in [-0.25, -0.2) is 9.48 Å². The largest absolute Gasteiger partial charge is 0.506 e. The van der Waals surface area contributed by atoms with Gasteiger partial charge in [-0.1, -0.05) is 42.5 Å². The third-order valence-electron chi connectivity index (χ3n) is 7.77. The van der Waals surface area contributed by atoms with E-state index in [9.17, 15) is 20.0 Å². The maximum atomic E-state index is 13.4. The predicted octanol–water partition coefficient (Wildman–Crippen LogP) is 7.25. The van der Waals surface area contributed by atoms with Gasteiger partial charge in [0.05, 0.1) is 44.8 Å². The number of aryl methyl sites for hydroxylation is 1. The van der Waals surface area contributed by atoms with Crippen LogP contribution in [0.15, 0.2) is 117 Å². The standard InChI is InChI=1S/C34H25N5O5/c1-20-8-7-11-24-32(40)30(34(41)44-33(20)24)29-18-28(35-26-12-5-6-13-27(26)36-29)25-19-38(22-9-3-2-4-10-22)37-31(25)21-14-16-23(17-15-21)39(42)43/h2-17,19,28,35,40H,18H2,1H3. The van der Waals surface area contributed by atoms with Gasteiger partial charge in [-0.3, -0.25) is 15.1 Å². The molecule has 3 heterocycles. The first-order chi connectivity index (χ1) is 21.4. The number of aromatic hydroxyl groups is 1. The van der Waals surface area contributed by atoms with Crippen molar-refractivity contribution in [2.24, 2.45) is 4.99 Å². The maximum absolute atomic E-state index is 13.4. The number of fused-ring (bicyclic) bond motifs is 2. The molecule has 0 fully saturated rings. The molecule has 1 unspecified atom stereocenters. The van der Waals surface area contributed by atoms with Crippen LogP contribution < -0.4 is 10.9 Å². The van der Waals surface area contributed by atoms with Gasteiger partial charge in [-0.05, 0) is 55.0 Å². The van der Waals surface area contributed by atoms with E-state index in [4.69, 9.17) is 14.5 Å². The molecule has 1 aliphatic heterocycles. The summed E-state index contributed by atoms with van der Waals surface area (Å²) < 4.78 is 7.48. The van der Waals surface area contributed by atoms with Crippen molar-refractivity contribution in [2.75, 3.05) is 5.32 Å². The normalized spacial score (nSPS) is 14.4. The van der Waals surface area contributed by atoms with E-state index in [0.29, 0.717) is 33.6 Å². The molecule has 0 radical (unpaired) electrons. The summed E-state index contributed by atoms with van der Waals surface area (Å²) in [5.74, 6) is -0.188. The Balaban J connectivity index is 1.42. The van der Waals surface area contributed by atoms with Gasteiger partial charge in [0.15, 0.2) is 0 Å². The van der Waals surface area contributed by atoms with Crippen LogP contribution in [0.5, 0.6) is 5.75 Å². The van der Waals surface area contributed by atoms with E-state index in [1.807, 2.05) is 73.8 Å². The molecule has 10 heteroatoms. The molecule has 0 saturated carbocycles. The van der Waals surface area contributed by atoms with Gasteiger partial charge in [0.25, 0.3) is 5.69 Å². The zero-order valence-electron chi connectivity index (χ0n) is 23.5. The highest BCUT2D eigenvalue weighted by molar-refractivity contribution is 6.08. The lowest BCUT2D eigenvalue weighted by atomic mass is 9.95. The smallest absolute Gasteiger partial charge is 0.349 e. The van der Waals surface area contributed by atoms with E-state index in [0.717, 1.165) is 22.5 Å². The van der Waals surface area contributed by atoms with E-state index in [2.05, 4.69) is 5.32 Å². The fourth-order valence-corrected chi connectivity index (χ4v) is 5.59. The second kappa shape index (κ2) is 10.7. The van der Waals surface area contributed by atoms with Crippen molar-refractivity contribution in [3.05, 3.63) is 140 Å². The predicted molar refractivity (Wildman–Crippen MR) is 168 cm³/mol. The molecule has 44 heavy (non-hydrogen) atoms. The minimum Gasteiger partial charge on any atom is -0.506 e. The van der Waals surface area contributed by atoms with E-state index in [-0.39, 0.29) is 23.4 Å². The van der Waals surface area contributed by atoms with Crippen molar-refractivity contribution < 1.29 is 14.4 Å². The number of nitrogens with one attached hydrogen (secondary N) is 1. The third-order valence-corrected chi connectivity index (χ3v) is 7.77. The Bertz CT molecular complexity index is 2150. The van der Waals surface area contributed by atoms with Crippen molar-refractivity contribution >= 4 is 33.7 Å². The zero-order valence-corrected chi connectivity index (χ0v) is 23.5. The molecule has 0 amide bonds. The minimum atomic E-state index is -0.684. The fraction of sp³-hybridized carbons (Fsp3) is 0.0882. The van der Waals surface area contributed by atoms with Crippen molar-refractivity contribution in [1.82, 2.24) is 9.78 Å². The number of nitrogens with zero attached hydrogens (tertiary/aromatic N) is 4. The summed E-state index contributed by atoms with van der Waals surface area (Å²) in [7, 11) is 0. The molecule has 0 spiro atoms. The van der Waals surface area contributed by atoms with E-state index in [1.54, 1.807) is 28.9 Å². The molecule has 2 aromatic heterocycles. The summed E-state index contributed by atoms with van der Waals surface area (Å²) in [6, 6.07) is 28.2. The van der Waals surface area contributed by atoms with Crippen LogP contribution in [-0.2, 0) is 0 Å². The zero-order chi connectivity index (χ0) is 30.4. The monoisotopic (exact) mass is 583 g/mol. The van der Waals surface area contributed by atoms with Crippen LogP contribution in [0.25, 0.3) is 27.9 Å². The van der Waals surface area contributed by atoms with Gasteiger partial charge in [0.1, 0.15) is 16.9 Å². The summed E-state index contributed by atoms with van der Waals surface area (Å²) in [5, 5.41) is 31.7. The Kier molecular flexibility index (Phi) is 6.51. The molecular formula is C34H25N5O5. The van der Waals surface area contributed by atoms with Crippen LogP contribution in [-0.4, -0.2) is 25.5 Å². The van der Waals surface area contributed by atoms with E-state index in [1.165, 1.54) is 12.1 Å². The van der Waals surface area contributed by atoms with Gasteiger partial charge >= 0.3 is 5.63 Å². The number of aromatic nitrogens is 2. The molecule has 0 bridgehead atoms. The van der Waals surface area contributed by atoms with E-state index < -0.39 is 16.6 Å². The summed E-state index contributed by atoms with van der Waals surface area (Å²) >= 11 is 0. The van der Waals surface area contributed by atoms with Crippen LogP contribution >= 0.6 is 0 Å². The average molecular weight is 584 g/mol. The number of para-hydroxylation sites is 4. The Hall–Kier alpha value is -6.03. The van der Waals surface area contributed by atoms with Crippen molar-refractivity contribution in [3.8, 4) is 22.7 Å². The molecule has 0 aliphatic carbocycles. The topological polar surface area (TPSA) is 136 Å². The number of non-ortho nitro benzene ring substituents is 1. The number of hydrogen-bond donors (Lipinski definition) is 2. The van der Waals surface area contributed by atoms with Gasteiger partial charge in [-0.15, -0.1) is 0 Å². The summed E-state index contributed by atoms with van der Waals surface area (Å²) in [5.41, 5.74) is 4.91. The number of nitro benzene ring substituents is 1. The molecule has 7 rings (SSSR count). The number of anilines is 1. The summed E-state index contributed by atoms with van der Waals surface area (Å²) in [4.78, 5) is 29.2. The van der Waals surface area contributed by atoms with Crippen LogP contribution in [0.1, 0.15) is 29.2 Å². The Morgan fingerprint density at radius 2 is 1.73 bits per heavy atom. The van der Waals surface area contributed by atoms with Crippen molar-refractivity contribution in [3.63, 3.8) is 0 Å². The highest BCUT2D eigenvalue weighted by atomic mass is 16.6. The summed E-state index contributed by atoms with van der Waals surface area (Å²) in [6.07, 6.45) is 2.10. The number of aliphatic imine (C=N–C) groups is 1. The lowest BCUT2D eigenvalue weighted by molar-refractivity contribution is -0.384. The maximum Gasteiger partial charge on any atom is 0.349 e. The summed E-state index contributed by atoms with van der Waals surface area (Å²) in [6.45, 7) is 1.81. The first-order valence-electron chi connectivity index (χ1n) is 14.0. The van der Waals surface area contributed by atoms with Gasteiger partial charge in [0, 0.05) is 35.9 Å². The second-order valence-electron chi connectivity index (χ2n) is 10.6. The lowest BCUT2D eigenvalue weighted by Gasteiger charge is -2.19. The SMILES string of the molecule is Cc1cccc2c(O)c(C3=Nc4ccccc4NC(c4cn(-c5ccccc5)nc4-c4ccc([N+](=O)[O-])cc4)C3)c(=O)oc12. The van der Waals surface area contributed by atoms with Crippen LogP contribution in [0.4, 0.5) is 17.1 Å². The van der Waals surface area contributed by atoms with Crippen molar-refractivity contribution in [2.45, 2.75) is 19.4 Å². The molecule has 4 aromatic carbocycles. The minimum absolute atomic E-state index is 0.000981. The molecule has 10 nitrogen and oxygen atoms in total. The highest BCUT2D eigenvalue weighted by Gasteiger charge is 2.30. The average Bonchev–Trinajstić information content (AvgIpc) is 3.39. The molecule has 0 saturated heterocycles. The molecule has 1 atom stereocenters. The van der Waals surface area contributed by atoms with Crippen LogP contribution in [0.2, 0.25) is 0 Å². The Labute approximate surface area is 250 Å². The molecule has 2 N–H and O–H groups in total. The molecular weight excluding hydrogens is 558 g/mol. The van der Waals surface area contributed by atoms with Crippen molar-refractivity contribution in [1.29, 1.82) is 0 Å². The quantitative estimate of drug-likeness (QED) is 0.124. The first kappa shape index (κ1) is 26.8. The lowest BCUT2D eigenvalue weighted by Crippen LogP contribution is -2.20. The molecule has 6 aromatic rings. The van der Waals surface area contributed by atoms with Gasteiger partial charge in [-0.2, -0.15) is 5.10 Å². The number of rotatable bonds is 5. The third kappa shape index (κ3) is 4.68. The fourth-order valence-electron chi connectivity index (χ4n) is 5.59. The molecule has 216 valence electrons. The van der Waals surface area contributed by atoms with Gasteiger partial charge < -0.3 is 14.8 Å². The molecule has 1 aliphatic rings. The van der Waals surface area contributed by atoms with Gasteiger partial charge in [0.2, 0.25) is 0 Å². The number of nitro groups is 1. The van der Waals surface area contributed by atoms with Crippen LogP contribution in [0, 0.1) is 17.0 Å². The van der Waals surface area contributed by atoms with E-state index >= 15 is 0 Å². The Morgan fingerprint density at radius 3 is 2.50 bits per heavy atom. The van der Waals surface area contributed by atoms with Crippen LogP contribution in [0.3, 0.4) is 0 Å². The first-order valence-corrected chi connectivity index (χ1v) is 14.0.